The second kappa shape index (κ2) is 5.53. The number of anilines is 1. The first kappa shape index (κ1) is 15.0. The predicted octanol–water partition coefficient (Wildman–Crippen LogP) is 4.37. The molecule has 0 bridgehead atoms. The van der Waals surface area contributed by atoms with E-state index in [1.54, 1.807) is 0 Å². The molecule has 1 aliphatic heterocycles. The van der Waals surface area contributed by atoms with E-state index in [2.05, 4.69) is 31.8 Å². The van der Waals surface area contributed by atoms with Gasteiger partial charge < -0.3 is 4.90 Å². The zero-order chi connectivity index (χ0) is 16.7. The van der Waals surface area contributed by atoms with Crippen LogP contribution in [0.15, 0.2) is 48.5 Å². The average Bonchev–Trinajstić information content (AvgIpc) is 2.54. The number of para-hydroxylation sites is 1. The molecule has 1 fully saturated rings. The Hall–Kier alpha value is -2.53. The maximum Gasteiger partial charge on any atom is 0.230 e. The Bertz CT molecular complexity index is 861. The quantitative estimate of drug-likeness (QED) is 0.716. The van der Waals surface area contributed by atoms with E-state index in [9.17, 15) is 4.79 Å². The van der Waals surface area contributed by atoms with Crippen LogP contribution in [0.4, 0.5) is 5.69 Å². The summed E-state index contributed by atoms with van der Waals surface area (Å²) in [5, 5.41) is 0. The van der Waals surface area contributed by atoms with Crippen molar-refractivity contribution in [3.8, 4) is 11.8 Å². The fraction of sp³-hybridized carbons (Fsp3) is 0.318. The molecule has 2 aromatic carbocycles. The van der Waals surface area contributed by atoms with Crippen LogP contribution in [0, 0.1) is 23.2 Å². The molecule has 1 aliphatic carbocycles. The highest BCUT2D eigenvalue weighted by Crippen LogP contribution is 2.46. The van der Waals surface area contributed by atoms with Gasteiger partial charge in [0.15, 0.2) is 0 Å². The Morgan fingerprint density at radius 1 is 1.00 bits per heavy atom. The summed E-state index contributed by atoms with van der Waals surface area (Å²) < 4.78 is 0. The maximum atomic E-state index is 13.2. The van der Waals surface area contributed by atoms with Gasteiger partial charge in [-0.05, 0) is 42.0 Å². The summed E-state index contributed by atoms with van der Waals surface area (Å²) in [6.07, 6.45) is 1.94. The van der Waals surface area contributed by atoms with E-state index in [1.807, 2.05) is 47.4 Å². The molecule has 0 aromatic heterocycles. The molecule has 0 spiro atoms. The number of rotatable bonds is 1. The Morgan fingerprint density at radius 3 is 2.38 bits per heavy atom. The van der Waals surface area contributed by atoms with Gasteiger partial charge in [0.25, 0.3) is 0 Å². The molecule has 4 rings (SSSR count). The Kier molecular flexibility index (Phi) is 3.46. The monoisotopic (exact) mass is 315 g/mol. The van der Waals surface area contributed by atoms with Crippen LogP contribution in [0.3, 0.4) is 0 Å². The number of hydrogen-bond donors (Lipinski definition) is 0. The third-order valence-electron chi connectivity index (χ3n) is 5.09. The van der Waals surface area contributed by atoms with Crippen molar-refractivity contribution in [1.82, 2.24) is 0 Å². The van der Waals surface area contributed by atoms with E-state index in [0.29, 0.717) is 12.0 Å². The summed E-state index contributed by atoms with van der Waals surface area (Å²) in [6.45, 7) is 5.07. The minimum atomic E-state index is 0.132. The van der Waals surface area contributed by atoms with Crippen LogP contribution in [0.1, 0.15) is 43.4 Å². The van der Waals surface area contributed by atoms with Crippen LogP contribution in [0.5, 0.6) is 0 Å². The van der Waals surface area contributed by atoms with E-state index in [1.165, 1.54) is 0 Å². The number of fused-ring (bicyclic) bond motifs is 2. The fourth-order valence-corrected chi connectivity index (χ4v) is 3.85. The van der Waals surface area contributed by atoms with Gasteiger partial charge in [0.05, 0.1) is 12.2 Å². The average molecular weight is 315 g/mol. The SMILES string of the molecule is CC1(C)CC(C(=O)N2Cc3ccccc3C#Cc3ccccc32)C1. The maximum absolute atomic E-state index is 13.2. The van der Waals surface area contributed by atoms with Crippen molar-refractivity contribution in [2.45, 2.75) is 33.2 Å². The first-order chi connectivity index (χ1) is 11.5. The molecule has 0 saturated heterocycles. The van der Waals surface area contributed by atoms with Crippen LogP contribution in [-0.2, 0) is 11.3 Å². The first-order valence-corrected chi connectivity index (χ1v) is 8.54. The van der Waals surface area contributed by atoms with Crippen molar-refractivity contribution < 1.29 is 4.79 Å². The topological polar surface area (TPSA) is 20.3 Å². The van der Waals surface area contributed by atoms with Gasteiger partial charge in [-0.25, -0.2) is 0 Å². The number of nitrogens with zero attached hydrogens (tertiary/aromatic N) is 1. The van der Waals surface area contributed by atoms with Crippen molar-refractivity contribution >= 4 is 11.6 Å². The highest BCUT2D eigenvalue weighted by atomic mass is 16.2. The molecule has 0 N–H and O–H groups in total. The van der Waals surface area contributed by atoms with Crippen molar-refractivity contribution in [3.63, 3.8) is 0 Å². The molecule has 2 aliphatic rings. The lowest BCUT2D eigenvalue weighted by molar-refractivity contribution is -0.128. The minimum Gasteiger partial charge on any atom is -0.306 e. The van der Waals surface area contributed by atoms with Crippen molar-refractivity contribution in [1.29, 1.82) is 0 Å². The van der Waals surface area contributed by atoms with Gasteiger partial charge in [0.1, 0.15) is 0 Å². The van der Waals surface area contributed by atoms with E-state index in [4.69, 9.17) is 0 Å². The lowest BCUT2D eigenvalue weighted by atomic mass is 9.64. The van der Waals surface area contributed by atoms with Gasteiger partial charge in [0, 0.05) is 17.0 Å². The van der Waals surface area contributed by atoms with E-state index < -0.39 is 0 Å². The summed E-state index contributed by atoms with van der Waals surface area (Å²) in [4.78, 5) is 15.1. The summed E-state index contributed by atoms with van der Waals surface area (Å²) in [7, 11) is 0. The van der Waals surface area contributed by atoms with Gasteiger partial charge in [-0.2, -0.15) is 0 Å². The molecule has 0 unspecified atom stereocenters. The van der Waals surface area contributed by atoms with Crippen molar-refractivity contribution in [2.24, 2.45) is 11.3 Å². The number of amides is 1. The van der Waals surface area contributed by atoms with Gasteiger partial charge in [-0.15, -0.1) is 0 Å². The highest BCUT2D eigenvalue weighted by Gasteiger charge is 2.42. The Balaban J connectivity index is 1.77. The van der Waals surface area contributed by atoms with Crippen LogP contribution < -0.4 is 4.90 Å². The molecule has 1 amide bonds. The summed E-state index contributed by atoms with van der Waals surface area (Å²) in [5.74, 6) is 6.88. The molecule has 0 radical (unpaired) electrons. The van der Waals surface area contributed by atoms with E-state index in [-0.39, 0.29) is 11.8 Å². The smallest absolute Gasteiger partial charge is 0.230 e. The molecular weight excluding hydrogens is 294 g/mol. The van der Waals surface area contributed by atoms with Crippen molar-refractivity contribution in [3.05, 3.63) is 65.2 Å². The molecular formula is C22H21NO. The molecule has 0 atom stereocenters. The first-order valence-electron chi connectivity index (χ1n) is 8.54. The van der Waals surface area contributed by atoms with Crippen LogP contribution >= 0.6 is 0 Å². The van der Waals surface area contributed by atoms with Gasteiger partial charge >= 0.3 is 0 Å². The molecule has 24 heavy (non-hydrogen) atoms. The zero-order valence-corrected chi connectivity index (χ0v) is 14.2. The van der Waals surface area contributed by atoms with Gasteiger partial charge in [-0.1, -0.05) is 56.0 Å². The molecule has 2 heteroatoms. The third-order valence-corrected chi connectivity index (χ3v) is 5.09. The molecule has 2 nitrogen and oxygen atoms in total. The van der Waals surface area contributed by atoms with E-state index >= 15 is 0 Å². The standard InChI is InChI=1S/C22H21NO/c1-22(2)13-19(14-22)21(24)23-15-18-9-4-3-7-16(18)11-12-17-8-5-6-10-20(17)23/h3-10,19H,13-15H2,1-2H3. The van der Waals surface area contributed by atoms with E-state index in [0.717, 1.165) is 35.2 Å². The number of carbonyl (C=O) groups excluding carboxylic acids is 1. The lowest BCUT2D eigenvalue weighted by Crippen LogP contribution is -2.45. The summed E-state index contributed by atoms with van der Waals surface area (Å²) >= 11 is 0. The minimum absolute atomic E-state index is 0.132. The number of benzene rings is 2. The molecule has 120 valence electrons. The number of carbonyl (C=O) groups is 1. The van der Waals surface area contributed by atoms with Crippen LogP contribution in [0.2, 0.25) is 0 Å². The van der Waals surface area contributed by atoms with Gasteiger partial charge in [0.2, 0.25) is 5.91 Å². The summed E-state index contributed by atoms with van der Waals surface area (Å²) in [5.41, 5.74) is 4.29. The Labute approximate surface area is 143 Å². The second-order valence-electron chi connectivity index (χ2n) is 7.62. The fourth-order valence-electron chi connectivity index (χ4n) is 3.85. The van der Waals surface area contributed by atoms with Crippen LogP contribution in [0.25, 0.3) is 0 Å². The third kappa shape index (κ3) is 2.61. The lowest BCUT2D eigenvalue weighted by Gasteiger charge is -2.43. The molecule has 1 saturated carbocycles. The van der Waals surface area contributed by atoms with Gasteiger partial charge in [-0.3, -0.25) is 4.79 Å². The predicted molar refractivity (Wildman–Crippen MR) is 96.6 cm³/mol. The largest absolute Gasteiger partial charge is 0.306 e. The van der Waals surface area contributed by atoms with Crippen molar-refractivity contribution in [2.75, 3.05) is 4.90 Å². The zero-order valence-electron chi connectivity index (χ0n) is 14.2. The van der Waals surface area contributed by atoms with Crippen LogP contribution in [-0.4, -0.2) is 5.91 Å². The number of hydrogen-bond acceptors (Lipinski definition) is 1. The normalized spacial score (nSPS) is 18.2. The molecule has 1 heterocycles. The Morgan fingerprint density at radius 2 is 1.62 bits per heavy atom. The molecule has 2 aromatic rings. The summed E-state index contributed by atoms with van der Waals surface area (Å²) in [6, 6.07) is 16.1. The highest BCUT2D eigenvalue weighted by molar-refractivity contribution is 5.97. The second-order valence-corrected chi connectivity index (χ2v) is 7.62.